The molecule has 144 valence electrons. The Morgan fingerprint density at radius 3 is 2.57 bits per heavy atom. The lowest BCUT2D eigenvalue weighted by Crippen LogP contribution is -2.01. The number of benzene rings is 2. The first-order valence-electron chi connectivity index (χ1n) is 8.58. The molecule has 7 heteroatoms. The van der Waals surface area contributed by atoms with Crippen LogP contribution in [-0.2, 0) is 0 Å². The Morgan fingerprint density at radius 1 is 1.11 bits per heavy atom. The first kappa shape index (κ1) is 21.5. The Balaban J connectivity index is 0.00000280. The zero-order valence-corrected chi connectivity index (χ0v) is 17.7. The van der Waals surface area contributed by atoms with Crippen molar-refractivity contribution < 1.29 is 4.39 Å². The van der Waals surface area contributed by atoms with E-state index in [-0.39, 0.29) is 29.8 Å². The van der Waals surface area contributed by atoms with Crippen molar-refractivity contribution in [1.29, 1.82) is 0 Å². The topological polar surface area (TPSA) is 62.2 Å². The van der Waals surface area contributed by atoms with Gasteiger partial charge in [0.1, 0.15) is 11.5 Å². The summed E-state index contributed by atoms with van der Waals surface area (Å²) >= 11 is 0. The molecule has 0 saturated heterocycles. The molecule has 0 bridgehead atoms. The number of halogens is 2. The van der Waals surface area contributed by atoms with Crippen LogP contribution in [0.3, 0.4) is 0 Å². The van der Waals surface area contributed by atoms with E-state index < -0.39 is 0 Å². The quantitative estimate of drug-likeness (QED) is 0.295. The van der Waals surface area contributed by atoms with E-state index in [2.05, 4.69) is 51.4 Å². The van der Waals surface area contributed by atoms with Crippen LogP contribution in [0.1, 0.15) is 18.9 Å². The summed E-state index contributed by atoms with van der Waals surface area (Å²) in [6.45, 7) is 5.62. The number of aliphatic imine (C=N–C) groups is 1. The zero-order chi connectivity index (χ0) is 19.1. The molecule has 0 aliphatic heterocycles. The van der Waals surface area contributed by atoms with E-state index in [0.717, 1.165) is 17.7 Å². The maximum atomic E-state index is 13.4. The highest BCUT2D eigenvalue weighted by Crippen LogP contribution is 2.27. The van der Waals surface area contributed by atoms with Crippen LogP contribution in [-0.4, -0.2) is 16.7 Å². The number of aromatic nitrogens is 2. The van der Waals surface area contributed by atoms with Crippen molar-refractivity contribution in [3.8, 4) is 0 Å². The minimum Gasteiger partial charge on any atom is -0.338 e. The Labute approximate surface area is 180 Å². The number of rotatable bonds is 7. The Hall–Kier alpha value is -2.81. The second-order valence-electron chi connectivity index (χ2n) is 5.78. The standard InChI is InChI=1S/C21H20FN5.HI/c1-3-4-7-15-8-5-10-17(12-15)26-21-24-14-19(23-2)20(27-21)25-18-11-6-9-16(22)13-18;/h4-14H,2-3H2,1H3,(H2,24,25,26,27);1H/b7-4-;. The summed E-state index contributed by atoms with van der Waals surface area (Å²) in [5, 5.41) is 6.23. The lowest BCUT2D eigenvalue weighted by atomic mass is 10.2. The van der Waals surface area contributed by atoms with E-state index in [1.807, 2.05) is 24.3 Å². The largest absolute Gasteiger partial charge is 0.338 e. The maximum Gasteiger partial charge on any atom is 0.229 e. The molecular weight excluding hydrogens is 468 g/mol. The Bertz CT molecular complexity index is 975. The van der Waals surface area contributed by atoms with E-state index in [1.54, 1.807) is 18.3 Å². The normalized spacial score (nSPS) is 10.4. The van der Waals surface area contributed by atoms with Gasteiger partial charge in [0.15, 0.2) is 5.82 Å². The maximum absolute atomic E-state index is 13.4. The molecule has 0 aliphatic rings. The number of hydrogen-bond acceptors (Lipinski definition) is 5. The zero-order valence-electron chi connectivity index (χ0n) is 15.4. The average Bonchev–Trinajstić information content (AvgIpc) is 2.67. The van der Waals surface area contributed by atoms with Gasteiger partial charge in [-0.25, -0.2) is 9.37 Å². The number of hydrogen-bond donors (Lipinski definition) is 2. The number of allylic oxidation sites excluding steroid dienone is 1. The van der Waals surface area contributed by atoms with E-state index >= 15 is 0 Å². The van der Waals surface area contributed by atoms with Crippen molar-refractivity contribution in [2.24, 2.45) is 4.99 Å². The third-order valence-corrected chi connectivity index (χ3v) is 3.72. The second kappa shape index (κ2) is 10.5. The van der Waals surface area contributed by atoms with E-state index in [4.69, 9.17) is 0 Å². The average molecular weight is 489 g/mol. The predicted molar refractivity (Wildman–Crippen MR) is 125 cm³/mol. The fraction of sp³-hybridized carbons (Fsp3) is 0.0952. The number of nitrogens with zero attached hydrogens (tertiary/aromatic N) is 3. The van der Waals surface area contributed by atoms with Crippen molar-refractivity contribution in [2.45, 2.75) is 13.3 Å². The molecule has 0 amide bonds. The Kier molecular flexibility index (Phi) is 8.06. The molecule has 1 heterocycles. The van der Waals surface area contributed by atoms with Crippen LogP contribution in [0.15, 0.2) is 65.8 Å². The van der Waals surface area contributed by atoms with Crippen LogP contribution in [0.2, 0.25) is 0 Å². The molecule has 0 atom stereocenters. The van der Waals surface area contributed by atoms with Gasteiger partial charge in [-0.1, -0.05) is 37.3 Å². The molecular formula is C21H21FIN5. The summed E-state index contributed by atoms with van der Waals surface area (Å²) in [6.07, 6.45) is 6.70. The first-order chi connectivity index (χ1) is 13.2. The molecule has 3 aromatic rings. The summed E-state index contributed by atoms with van der Waals surface area (Å²) in [7, 11) is 0. The van der Waals surface area contributed by atoms with Crippen LogP contribution >= 0.6 is 24.0 Å². The minimum atomic E-state index is -0.336. The third-order valence-electron chi connectivity index (χ3n) is 3.72. The summed E-state index contributed by atoms with van der Waals surface area (Å²) < 4.78 is 13.4. The highest BCUT2D eigenvalue weighted by atomic mass is 127. The van der Waals surface area contributed by atoms with Crippen LogP contribution in [0.5, 0.6) is 0 Å². The van der Waals surface area contributed by atoms with E-state index in [1.165, 1.54) is 12.1 Å². The van der Waals surface area contributed by atoms with Gasteiger partial charge in [0.05, 0.1) is 6.20 Å². The summed E-state index contributed by atoms with van der Waals surface area (Å²) in [5.41, 5.74) is 2.99. The minimum absolute atomic E-state index is 0. The highest BCUT2D eigenvalue weighted by molar-refractivity contribution is 14.0. The third kappa shape index (κ3) is 5.85. The molecule has 0 radical (unpaired) electrons. The molecule has 5 nitrogen and oxygen atoms in total. The van der Waals surface area contributed by atoms with Gasteiger partial charge in [0.25, 0.3) is 0 Å². The van der Waals surface area contributed by atoms with Gasteiger partial charge in [-0.15, -0.1) is 24.0 Å². The summed E-state index contributed by atoms with van der Waals surface area (Å²) in [6, 6.07) is 14.1. The van der Waals surface area contributed by atoms with Gasteiger partial charge in [-0.05, 0) is 49.0 Å². The molecule has 1 aromatic heterocycles. The molecule has 2 N–H and O–H groups in total. The number of anilines is 4. The van der Waals surface area contributed by atoms with Crippen molar-refractivity contribution >= 4 is 65.6 Å². The van der Waals surface area contributed by atoms with Crippen molar-refractivity contribution in [3.05, 3.63) is 72.2 Å². The monoisotopic (exact) mass is 489 g/mol. The fourth-order valence-corrected chi connectivity index (χ4v) is 2.45. The van der Waals surface area contributed by atoms with Crippen molar-refractivity contribution in [1.82, 2.24) is 9.97 Å². The number of nitrogens with one attached hydrogen (secondary N) is 2. The van der Waals surface area contributed by atoms with Crippen LogP contribution in [0.4, 0.5) is 33.2 Å². The van der Waals surface area contributed by atoms with Crippen molar-refractivity contribution in [3.63, 3.8) is 0 Å². The molecule has 0 aliphatic carbocycles. The van der Waals surface area contributed by atoms with Crippen molar-refractivity contribution in [2.75, 3.05) is 10.6 Å². The van der Waals surface area contributed by atoms with E-state index in [9.17, 15) is 4.39 Å². The second-order valence-corrected chi connectivity index (χ2v) is 5.78. The SMILES string of the molecule is C=Nc1cnc(Nc2cccc(/C=C\CC)c2)nc1Nc1cccc(F)c1.I. The lowest BCUT2D eigenvalue weighted by molar-refractivity contribution is 0.628. The van der Waals surface area contributed by atoms with Gasteiger partial charge >= 0.3 is 0 Å². The molecule has 0 saturated carbocycles. The molecule has 28 heavy (non-hydrogen) atoms. The van der Waals surface area contributed by atoms with Gasteiger partial charge in [0.2, 0.25) is 5.95 Å². The van der Waals surface area contributed by atoms with Crippen LogP contribution in [0, 0.1) is 5.82 Å². The molecule has 0 unspecified atom stereocenters. The van der Waals surface area contributed by atoms with Gasteiger partial charge in [0, 0.05) is 11.4 Å². The smallest absolute Gasteiger partial charge is 0.229 e. The first-order valence-corrected chi connectivity index (χ1v) is 8.58. The van der Waals surface area contributed by atoms with E-state index in [0.29, 0.717) is 23.1 Å². The molecule has 0 spiro atoms. The fourth-order valence-electron chi connectivity index (χ4n) is 2.45. The predicted octanol–water partition coefficient (Wildman–Crippen LogP) is 6.48. The van der Waals surface area contributed by atoms with Crippen LogP contribution < -0.4 is 10.6 Å². The van der Waals surface area contributed by atoms with Gasteiger partial charge in [-0.2, -0.15) is 4.98 Å². The summed E-state index contributed by atoms with van der Waals surface area (Å²) in [4.78, 5) is 12.6. The van der Waals surface area contributed by atoms with Gasteiger partial charge in [-0.3, -0.25) is 4.99 Å². The molecule has 2 aromatic carbocycles. The van der Waals surface area contributed by atoms with Gasteiger partial charge < -0.3 is 10.6 Å². The molecule has 0 fully saturated rings. The highest BCUT2D eigenvalue weighted by Gasteiger charge is 2.08. The summed E-state index contributed by atoms with van der Waals surface area (Å²) in [5.74, 6) is 0.505. The van der Waals surface area contributed by atoms with Crippen LogP contribution in [0.25, 0.3) is 6.08 Å². The Morgan fingerprint density at radius 2 is 1.86 bits per heavy atom. The molecule has 3 rings (SSSR count). The lowest BCUT2D eigenvalue weighted by Gasteiger charge is -2.11.